The Morgan fingerprint density at radius 2 is 1.83 bits per heavy atom. The Bertz CT molecular complexity index is 523. The molecule has 1 saturated carbocycles. The number of likely N-dealkylation sites (tertiary alicyclic amines) is 1. The zero-order chi connectivity index (χ0) is 16.2. The summed E-state index contributed by atoms with van der Waals surface area (Å²) in [6.45, 7) is 2.36. The van der Waals surface area contributed by atoms with E-state index in [4.69, 9.17) is 5.73 Å². The fourth-order valence-electron chi connectivity index (χ4n) is 4.19. The van der Waals surface area contributed by atoms with E-state index in [1.54, 1.807) is 0 Å². The van der Waals surface area contributed by atoms with Gasteiger partial charge in [0.15, 0.2) is 0 Å². The average molecular weight is 318 g/mol. The van der Waals surface area contributed by atoms with E-state index in [2.05, 4.69) is 4.90 Å². The Labute approximate surface area is 138 Å². The van der Waals surface area contributed by atoms with E-state index >= 15 is 0 Å². The first-order chi connectivity index (χ1) is 11.2. The summed E-state index contributed by atoms with van der Waals surface area (Å²) in [6, 6.07) is 6.80. The van der Waals surface area contributed by atoms with Crippen molar-refractivity contribution in [3.8, 4) is 0 Å². The highest BCUT2D eigenvalue weighted by atomic mass is 19.1. The number of benzene rings is 1. The van der Waals surface area contributed by atoms with Gasteiger partial charge in [0, 0.05) is 19.0 Å². The van der Waals surface area contributed by atoms with Gasteiger partial charge in [-0.05, 0) is 68.2 Å². The van der Waals surface area contributed by atoms with Gasteiger partial charge in [-0.15, -0.1) is 0 Å². The number of halogens is 1. The monoisotopic (exact) mass is 318 g/mol. The van der Waals surface area contributed by atoms with Crippen LogP contribution in [0.15, 0.2) is 24.3 Å². The van der Waals surface area contributed by atoms with Crippen molar-refractivity contribution in [2.24, 2.45) is 23.5 Å². The second-order valence-electron chi connectivity index (χ2n) is 7.13. The molecule has 1 aliphatic carbocycles. The number of rotatable bonds is 4. The summed E-state index contributed by atoms with van der Waals surface area (Å²) < 4.78 is 13.0. The predicted molar refractivity (Wildman–Crippen MR) is 89.3 cm³/mol. The van der Waals surface area contributed by atoms with E-state index in [1.165, 1.54) is 17.7 Å². The van der Waals surface area contributed by atoms with Gasteiger partial charge < -0.3 is 10.6 Å². The third kappa shape index (κ3) is 3.92. The van der Waals surface area contributed by atoms with Gasteiger partial charge in [0.05, 0.1) is 0 Å². The van der Waals surface area contributed by atoms with Crippen molar-refractivity contribution < 1.29 is 9.18 Å². The zero-order valence-corrected chi connectivity index (χ0v) is 13.7. The lowest BCUT2D eigenvalue weighted by atomic mass is 9.88. The Hall–Kier alpha value is -1.42. The van der Waals surface area contributed by atoms with Crippen molar-refractivity contribution in [2.75, 3.05) is 19.6 Å². The van der Waals surface area contributed by atoms with Crippen LogP contribution in [-0.4, -0.2) is 30.4 Å². The van der Waals surface area contributed by atoms with Gasteiger partial charge >= 0.3 is 0 Å². The highest BCUT2D eigenvalue weighted by Crippen LogP contribution is 2.33. The first-order valence-corrected chi connectivity index (χ1v) is 8.90. The number of nitrogens with two attached hydrogens (primary N) is 1. The maximum Gasteiger partial charge on any atom is 0.226 e. The Balaban J connectivity index is 1.50. The first kappa shape index (κ1) is 16.4. The molecule has 0 aromatic heterocycles. The van der Waals surface area contributed by atoms with Crippen molar-refractivity contribution in [1.82, 2.24) is 4.90 Å². The minimum absolute atomic E-state index is 0.161. The molecule has 1 amide bonds. The number of amides is 1. The zero-order valence-electron chi connectivity index (χ0n) is 13.7. The molecule has 23 heavy (non-hydrogen) atoms. The van der Waals surface area contributed by atoms with Crippen LogP contribution in [0.3, 0.4) is 0 Å². The second kappa shape index (κ2) is 7.43. The van der Waals surface area contributed by atoms with Gasteiger partial charge in [0.25, 0.3) is 0 Å². The highest BCUT2D eigenvalue weighted by Gasteiger charge is 2.35. The van der Waals surface area contributed by atoms with Gasteiger partial charge in [-0.2, -0.15) is 0 Å². The fourth-order valence-corrected chi connectivity index (χ4v) is 4.19. The summed E-state index contributed by atoms with van der Waals surface area (Å²) in [7, 11) is 0. The van der Waals surface area contributed by atoms with Gasteiger partial charge in [0.1, 0.15) is 5.82 Å². The number of nitrogens with zero attached hydrogens (tertiary/aromatic N) is 1. The lowest BCUT2D eigenvalue weighted by Crippen LogP contribution is -2.43. The van der Waals surface area contributed by atoms with E-state index < -0.39 is 0 Å². The number of hydrogen-bond acceptors (Lipinski definition) is 2. The van der Waals surface area contributed by atoms with Crippen LogP contribution in [0.4, 0.5) is 4.39 Å². The summed E-state index contributed by atoms with van der Waals surface area (Å²) in [5.74, 6) is 1.30. The van der Waals surface area contributed by atoms with Crippen LogP contribution in [0.2, 0.25) is 0 Å². The van der Waals surface area contributed by atoms with Crippen molar-refractivity contribution in [3.63, 3.8) is 0 Å². The van der Waals surface area contributed by atoms with Crippen molar-refractivity contribution >= 4 is 5.91 Å². The van der Waals surface area contributed by atoms with Crippen molar-refractivity contribution in [3.05, 3.63) is 35.6 Å². The molecular weight excluding hydrogens is 291 g/mol. The molecule has 2 aliphatic rings. The maximum absolute atomic E-state index is 13.0. The lowest BCUT2D eigenvalue weighted by Gasteiger charge is -2.34. The molecule has 3 rings (SSSR count). The van der Waals surface area contributed by atoms with Crippen LogP contribution in [0.25, 0.3) is 0 Å². The van der Waals surface area contributed by atoms with Crippen LogP contribution < -0.4 is 5.73 Å². The molecule has 1 saturated heterocycles. The highest BCUT2D eigenvalue weighted by molar-refractivity contribution is 5.79. The Morgan fingerprint density at radius 3 is 2.48 bits per heavy atom. The number of hydrogen-bond donors (Lipinski definition) is 1. The van der Waals surface area contributed by atoms with Gasteiger partial charge in [0.2, 0.25) is 5.91 Å². The van der Waals surface area contributed by atoms with Gasteiger partial charge in [-0.3, -0.25) is 4.79 Å². The number of carbonyl (C=O) groups excluding carboxylic acids is 1. The molecule has 3 nitrogen and oxygen atoms in total. The number of piperidine rings is 1. The largest absolute Gasteiger partial charge is 0.342 e. The van der Waals surface area contributed by atoms with Crippen molar-refractivity contribution in [1.29, 1.82) is 0 Å². The SMILES string of the molecule is NC[C@H]1CCC[C@H]1C(=O)N1CCC(Cc2ccc(F)cc2)CC1. The summed E-state index contributed by atoms with van der Waals surface area (Å²) in [5, 5.41) is 0. The molecule has 0 spiro atoms. The molecule has 2 N–H and O–H groups in total. The standard InChI is InChI=1S/C19H27FN2O/c20-17-6-4-14(5-7-17)12-15-8-10-22(11-9-15)19(23)18-3-1-2-16(18)13-21/h4-7,15-16,18H,1-3,8-13,21H2/t16-,18-/m1/s1. The van der Waals surface area contributed by atoms with Crippen LogP contribution in [0.5, 0.6) is 0 Å². The third-order valence-electron chi connectivity index (χ3n) is 5.64. The van der Waals surface area contributed by atoms with E-state index in [0.29, 0.717) is 24.3 Å². The second-order valence-corrected chi connectivity index (χ2v) is 7.13. The molecule has 2 fully saturated rings. The van der Waals surface area contributed by atoms with Crippen molar-refractivity contribution in [2.45, 2.75) is 38.5 Å². The summed E-state index contributed by atoms with van der Waals surface area (Å²) in [5.41, 5.74) is 7.00. The van der Waals surface area contributed by atoms with Gasteiger partial charge in [-0.1, -0.05) is 18.6 Å². The predicted octanol–water partition coefficient (Wildman–Crippen LogP) is 2.98. The molecule has 1 heterocycles. The third-order valence-corrected chi connectivity index (χ3v) is 5.64. The van der Waals surface area contributed by atoms with E-state index in [9.17, 15) is 9.18 Å². The molecule has 126 valence electrons. The molecule has 0 unspecified atom stereocenters. The van der Waals surface area contributed by atoms with Gasteiger partial charge in [-0.25, -0.2) is 4.39 Å². The molecule has 1 aliphatic heterocycles. The molecule has 1 aromatic rings. The lowest BCUT2D eigenvalue weighted by molar-refractivity contribution is -0.138. The van der Waals surface area contributed by atoms with Crippen LogP contribution in [0.1, 0.15) is 37.7 Å². The first-order valence-electron chi connectivity index (χ1n) is 8.90. The molecular formula is C19H27FN2O. The summed E-state index contributed by atoms with van der Waals surface area (Å²) in [6.07, 6.45) is 6.33. The molecule has 4 heteroatoms. The van der Waals surface area contributed by atoms with E-state index in [0.717, 1.165) is 51.6 Å². The maximum atomic E-state index is 13.0. The normalized spacial score (nSPS) is 25.7. The molecule has 2 atom stereocenters. The van der Waals surface area contributed by atoms with E-state index in [-0.39, 0.29) is 11.7 Å². The van der Waals surface area contributed by atoms with Crippen LogP contribution >= 0.6 is 0 Å². The topological polar surface area (TPSA) is 46.3 Å². The minimum Gasteiger partial charge on any atom is -0.342 e. The van der Waals surface area contributed by atoms with E-state index in [1.807, 2.05) is 12.1 Å². The van der Waals surface area contributed by atoms with Crippen LogP contribution in [-0.2, 0) is 11.2 Å². The fraction of sp³-hybridized carbons (Fsp3) is 0.632. The summed E-state index contributed by atoms with van der Waals surface area (Å²) in [4.78, 5) is 14.8. The molecule has 0 bridgehead atoms. The minimum atomic E-state index is -0.180. The smallest absolute Gasteiger partial charge is 0.226 e. The average Bonchev–Trinajstić information content (AvgIpc) is 3.06. The summed E-state index contributed by atoms with van der Waals surface area (Å²) >= 11 is 0. The van der Waals surface area contributed by atoms with Crippen LogP contribution in [0, 0.1) is 23.6 Å². The molecule has 1 aromatic carbocycles. The quantitative estimate of drug-likeness (QED) is 0.927. The molecule has 0 radical (unpaired) electrons. The Morgan fingerprint density at radius 1 is 1.13 bits per heavy atom. The number of carbonyl (C=O) groups is 1. The Kier molecular flexibility index (Phi) is 5.31.